The summed E-state index contributed by atoms with van der Waals surface area (Å²) in [6.07, 6.45) is -3.28. The van der Waals surface area contributed by atoms with Gasteiger partial charge in [0.25, 0.3) is 0 Å². The van der Waals surface area contributed by atoms with Gasteiger partial charge in [0.2, 0.25) is 0 Å². The van der Waals surface area contributed by atoms with Gasteiger partial charge in [-0.2, -0.15) is 0 Å². The van der Waals surface area contributed by atoms with Crippen molar-refractivity contribution >= 4 is 0 Å². The van der Waals surface area contributed by atoms with E-state index >= 15 is 0 Å². The molecule has 0 aliphatic carbocycles. The van der Waals surface area contributed by atoms with Crippen molar-refractivity contribution in [3.8, 4) is 0 Å². The molecule has 8 heteroatoms. The maximum Gasteiger partial charge on any atom is 0.522 e. The third kappa shape index (κ3) is 3.71. The summed E-state index contributed by atoms with van der Waals surface area (Å²) in [6.45, 7) is -0.885. The van der Waals surface area contributed by atoms with E-state index in [1.165, 1.54) is 6.20 Å². The summed E-state index contributed by atoms with van der Waals surface area (Å²) in [5.41, 5.74) is 0.303. The molecule has 1 aromatic rings. The monoisotopic (exact) mass is 211 g/mol. The zero-order valence-electron chi connectivity index (χ0n) is 7.03. The Balaban J connectivity index is 2.31. The topological polar surface area (TPSA) is 60.2 Å². The number of aliphatic hydroxyl groups excluding tert-OH is 1. The Labute approximate surface area is 77.1 Å². The number of rotatable bonds is 4. The molecule has 1 heterocycles. The number of alkyl halides is 3. The predicted molar refractivity (Wildman–Crippen MR) is 38.0 cm³/mol. The molecule has 0 aliphatic heterocycles. The molecule has 5 nitrogen and oxygen atoms in total. The van der Waals surface area contributed by atoms with Crippen LogP contribution in [0.25, 0.3) is 0 Å². The van der Waals surface area contributed by atoms with E-state index in [4.69, 9.17) is 5.11 Å². The Morgan fingerprint density at radius 2 is 2.21 bits per heavy atom. The summed E-state index contributed by atoms with van der Waals surface area (Å²) >= 11 is 0. The summed E-state index contributed by atoms with van der Waals surface area (Å²) in [5.74, 6) is 0. The lowest BCUT2D eigenvalue weighted by molar-refractivity contribution is -0.325. The molecule has 0 radical (unpaired) electrons. The highest BCUT2D eigenvalue weighted by molar-refractivity contribution is 4.88. The minimum atomic E-state index is -4.62. The van der Waals surface area contributed by atoms with Crippen LogP contribution in [0, 0.1) is 0 Å². The lowest BCUT2D eigenvalue weighted by Gasteiger charge is -2.06. The van der Waals surface area contributed by atoms with E-state index in [0.29, 0.717) is 5.69 Å². The molecule has 1 aromatic heterocycles. The second-order valence-corrected chi connectivity index (χ2v) is 2.43. The van der Waals surface area contributed by atoms with Crippen LogP contribution in [0.4, 0.5) is 13.2 Å². The second-order valence-electron chi connectivity index (χ2n) is 2.43. The van der Waals surface area contributed by atoms with E-state index in [-0.39, 0.29) is 13.2 Å². The minimum Gasteiger partial charge on any atom is -0.390 e. The molecular formula is C6H8F3N3O2. The van der Waals surface area contributed by atoms with E-state index in [2.05, 4.69) is 15.0 Å². The molecular weight excluding hydrogens is 203 g/mol. The fraction of sp³-hybridized carbons (Fsp3) is 0.667. The zero-order valence-corrected chi connectivity index (χ0v) is 7.03. The van der Waals surface area contributed by atoms with Gasteiger partial charge in [0, 0.05) is 0 Å². The van der Waals surface area contributed by atoms with Gasteiger partial charge in [0.1, 0.15) is 5.69 Å². The SMILES string of the molecule is OCc1cn(CCOC(F)(F)F)nn1. The van der Waals surface area contributed by atoms with Gasteiger partial charge in [-0.05, 0) is 0 Å². The summed E-state index contributed by atoms with van der Waals surface area (Å²) in [4.78, 5) is 0. The fourth-order valence-corrected chi connectivity index (χ4v) is 0.775. The summed E-state index contributed by atoms with van der Waals surface area (Å²) in [7, 11) is 0. The van der Waals surface area contributed by atoms with Crippen LogP contribution in [0.15, 0.2) is 6.20 Å². The Morgan fingerprint density at radius 3 is 2.71 bits per heavy atom. The van der Waals surface area contributed by atoms with E-state index in [1.807, 2.05) is 0 Å². The molecule has 80 valence electrons. The molecule has 14 heavy (non-hydrogen) atoms. The van der Waals surface area contributed by atoms with E-state index in [9.17, 15) is 13.2 Å². The molecule has 1 rings (SSSR count). The molecule has 0 atom stereocenters. The molecule has 0 amide bonds. The normalized spacial score (nSPS) is 12.0. The van der Waals surface area contributed by atoms with Crippen LogP contribution in [0.5, 0.6) is 0 Å². The smallest absolute Gasteiger partial charge is 0.390 e. The fourth-order valence-electron chi connectivity index (χ4n) is 0.775. The molecule has 0 aliphatic rings. The quantitative estimate of drug-likeness (QED) is 0.778. The molecule has 0 aromatic carbocycles. The first-order chi connectivity index (χ1) is 6.51. The molecule has 0 fully saturated rings. The third-order valence-corrected chi connectivity index (χ3v) is 1.33. The van der Waals surface area contributed by atoms with Crippen molar-refractivity contribution < 1.29 is 23.0 Å². The van der Waals surface area contributed by atoms with Crippen LogP contribution in [-0.2, 0) is 17.9 Å². The molecule has 0 spiro atoms. The Hall–Kier alpha value is -1.15. The van der Waals surface area contributed by atoms with Gasteiger partial charge < -0.3 is 5.11 Å². The highest BCUT2D eigenvalue weighted by Crippen LogP contribution is 2.15. The van der Waals surface area contributed by atoms with Crippen molar-refractivity contribution in [3.05, 3.63) is 11.9 Å². The number of aliphatic hydroxyl groups is 1. The number of aromatic nitrogens is 3. The maximum atomic E-state index is 11.5. The summed E-state index contributed by atoms with van der Waals surface area (Å²) in [5, 5.41) is 15.5. The van der Waals surface area contributed by atoms with E-state index < -0.39 is 13.0 Å². The van der Waals surface area contributed by atoms with Crippen LogP contribution in [0.3, 0.4) is 0 Å². The molecule has 0 saturated heterocycles. The molecule has 1 N–H and O–H groups in total. The number of ether oxygens (including phenoxy) is 1. The highest BCUT2D eigenvalue weighted by Gasteiger charge is 2.28. The van der Waals surface area contributed by atoms with Crippen molar-refractivity contribution in [1.29, 1.82) is 0 Å². The minimum absolute atomic E-state index is 0.0630. The van der Waals surface area contributed by atoms with Crippen LogP contribution in [0.1, 0.15) is 5.69 Å². The standard InChI is InChI=1S/C6H8F3N3O2/c7-6(8,9)14-2-1-12-3-5(4-13)10-11-12/h3,13H,1-2,4H2. The number of halogens is 3. The van der Waals surface area contributed by atoms with Crippen molar-refractivity contribution in [2.75, 3.05) is 6.61 Å². The number of hydrogen-bond donors (Lipinski definition) is 1. The Morgan fingerprint density at radius 1 is 1.50 bits per heavy atom. The van der Waals surface area contributed by atoms with Crippen LogP contribution < -0.4 is 0 Å². The van der Waals surface area contributed by atoms with Gasteiger partial charge >= 0.3 is 6.36 Å². The van der Waals surface area contributed by atoms with Crippen molar-refractivity contribution in [3.63, 3.8) is 0 Å². The Kier molecular flexibility index (Phi) is 3.42. The van der Waals surface area contributed by atoms with Crippen LogP contribution >= 0.6 is 0 Å². The molecule has 0 bridgehead atoms. The predicted octanol–water partition coefficient (Wildman–Crippen LogP) is 0.307. The van der Waals surface area contributed by atoms with Crippen LogP contribution in [0.2, 0.25) is 0 Å². The van der Waals surface area contributed by atoms with Gasteiger partial charge in [-0.3, -0.25) is 4.74 Å². The van der Waals surface area contributed by atoms with Crippen molar-refractivity contribution in [2.24, 2.45) is 0 Å². The second kappa shape index (κ2) is 4.38. The van der Waals surface area contributed by atoms with Crippen molar-refractivity contribution in [2.45, 2.75) is 19.5 Å². The van der Waals surface area contributed by atoms with Gasteiger partial charge in [-0.1, -0.05) is 5.21 Å². The third-order valence-electron chi connectivity index (χ3n) is 1.33. The molecule has 0 saturated carbocycles. The van der Waals surface area contributed by atoms with Gasteiger partial charge in [-0.15, -0.1) is 18.3 Å². The maximum absolute atomic E-state index is 11.5. The lowest BCUT2D eigenvalue weighted by atomic mass is 10.5. The number of hydrogen-bond acceptors (Lipinski definition) is 4. The summed E-state index contributed by atoms with van der Waals surface area (Å²) in [6, 6.07) is 0. The summed E-state index contributed by atoms with van der Waals surface area (Å²) < 4.78 is 39.3. The lowest BCUT2D eigenvalue weighted by Crippen LogP contribution is -2.17. The largest absolute Gasteiger partial charge is 0.522 e. The van der Waals surface area contributed by atoms with Gasteiger partial charge in [-0.25, -0.2) is 4.68 Å². The first kappa shape index (κ1) is 10.9. The highest BCUT2D eigenvalue weighted by atomic mass is 19.4. The van der Waals surface area contributed by atoms with Crippen molar-refractivity contribution in [1.82, 2.24) is 15.0 Å². The average Bonchev–Trinajstić information content (AvgIpc) is 2.50. The first-order valence-corrected chi connectivity index (χ1v) is 3.72. The van der Waals surface area contributed by atoms with E-state index in [0.717, 1.165) is 4.68 Å². The average molecular weight is 211 g/mol. The Bertz CT molecular complexity index is 286. The number of nitrogens with zero attached hydrogens (tertiary/aromatic N) is 3. The molecule has 0 unspecified atom stereocenters. The van der Waals surface area contributed by atoms with Gasteiger partial charge in [0.15, 0.2) is 0 Å². The zero-order chi connectivity index (χ0) is 10.6. The first-order valence-electron chi connectivity index (χ1n) is 3.72. The van der Waals surface area contributed by atoms with Crippen LogP contribution in [-0.4, -0.2) is 33.1 Å². The van der Waals surface area contributed by atoms with E-state index in [1.54, 1.807) is 0 Å². The van der Waals surface area contributed by atoms with Gasteiger partial charge in [0.05, 0.1) is 26.0 Å².